The van der Waals surface area contributed by atoms with Crippen LogP contribution in [0.1, 0.15) is 33.9 Å². The molecule has 0 radical (unpaired) electrons. The Morgan fingerprint density at radius 2 is 1.53 bits per heavy atom. The van der Waals surface area contributed by atoms with Crippen LogP contribution < -0.4 is 16.0 Å². The minimum atomic E-state index is -1.48. The molecule has 196 valence electrons. The van der Waals surface area contributed by atoms with Gasteiger partial charge >= 0.3 is 23.9 Å². The van der Waals surface area contributed by atoms with Gasteiger partial charge in [0.1, 0.15) is 12.7 Å². The fourth-order valence-corrected chi connectivity index (χ4v) is 3.74. The molecule has 1 aliphatic heterocycles. The highest BCUT2D eigenvalue weighted by Gasteiger charge is 2.53. The Bertz CT molecular complexity index is 1240. The van der Waals surface area contributed by atoms with E-state index in [1.54, 1.807) is 0 Å². The first-order valence-corrected chi connectivity index (χ1v) is 10.5. The Labute approximate surface area is 202 Å². The molecule has 3 N–H and O–H groups in total. The largest absolute Gasteiger partial charge is 0.468 e. The van der Waals surface area contributed by atoms with Crippen molar-refractivity contribution in [2.24, 2.45) is 0 Å². The number of ether oxygens (including phenoxy) is 6. The number of anilines is 1. The van der Waals surface area contributed by atoms with Gasteiger partial charge in [0.15, 0.2) is 35.7 Å². The fraction of sp³-hybridized carbons (Fsp3) is 0.550. The SMILES string of the molecule is COc1nc2c(nc(N)n2[C@@H]2O[C@H](COC(C)=O)[C@@H](OC(C)=O)[C@H](OC(C)=O)[C@H]2OC(C)=O)c(=O)[nH]1. The number of esters is 4. The number of imidazole rings is 1. The second kappa shape index (κ2) is 10.6. The number of H-pyrrole nitrogens is 1. The third kappa shape index (κ3) is 5.54. The summed E-state index contributed by atoms with van der Waals surface area (Å²) >= 11 is 0. The Morgan fingerprint density at radius 1 is 0.944 bits per heavy atom. The average molecular weight is 511 g/mol. The molecular formula is C20H25N5O11. The summed E-state index contributed by atoms with van der Waals surface area (Å²) in [6.45, 7) is 3.99. The Kier molecular flexibility index (Phi) is 7.77. The number of nitrogens with one attached hydrogen (secondary N) is 1. The minimum absolute atomic E-state index is 0.117. The molecule has 1 saturated heterocycles. The number of fused-ring (bicyclic) bond motifs is 1. The number of carbonyl (C=O) groups is 4. The number of nitrogen functional groups attached to an aromatic ring is 1. The monoisotopic (exact) mass is 511 g/mol. The smallest absolute Gasteiger partial charge is 0.303 e. The lowest BCUT2D eigenvalue weighted by atomic mass is 9.97. The molecule has 16 nitrogen and oxygen atoms in total. The number of hydrogen-bond donors (Lipinski definition) is 2. The average Bonchev–Trinajstić information content (AvgIpc) is 3.10. The lowest BCUT2D eigenvalue weighted by Crippen LogP contribution is -2.60. The lowest BCUT2D eigenvalue weighted by molar-refractivity contribution is -0.267. The summed E-state index contributed by atoms with van der Waals surface area (Å²) in [7, 11) is 1.27. The predicted molar refractivity (Wildman–Crippen MR) is 116 cm³/mol. The molecule has 3 rings (SSSR count). The summed E-state index contributed by atoms with van der Waals surface area (Å²) in [6.07, 6.45) is -6.96. The second-order valence-corrected chi connectivity index (χ2v) is 7.68. The van der Waals surface area contributed by atoms with Crippen molar-refractivity contribution in [3.8, 4) is 6.01 Å². The molecule has 0 bridgehead atoms. The first-order chi connectivity index (χ1) is 16.9. The molecule has 0 amide bonds. The van der Waals surface area contributed by atoms with Crippen LogP contribution in [0.4, 0.5) is 5.95 Å². The minimum Gasteiger partial charge on any atom is -0.468 e. The maximum absolute atomic E-state index is 12.5. The third-order valence-electron chi connectivity index (χ3n) is 4.97. The van der Waals surface area contributed by atoms with E-state index in [2.05, 4.69) is 15.0 Å². The van der Waals surface area contributed by atoms with Crippen molar-refractivity contribution in [3.05, 3.63) is 10.4 Å². The van der Waals surface area contributed by atoms with Gasteiger partial charge in [0.05, 0.1) is 7.11 Å². The molecule has 1 aliphatic rings. The van der Waals surface area contributed by atoms with E-state index in [0.29, 0.717) is 0 Å². The van der Waals surface area contributed by atoms with Crippen LogP contribution in [-0.4, -0.2) is 81.5 Å². The van der Waals surface area contributed by atoms with Gasteiger partial charge in [0, 0.05) is 27.7 Å². The van der Waals surface area contributed by atoms with Gasteiger partial charge in [-0.2, -0.15) is 4.98 Å². The highest BCUT2D eigenvalue weighted by atomic mass is 16.7. The molecule has 0 saturated carbocycles. The van der Waals surface area contributed by atoms with E-state index in [1.165, 1.54) is 7.11 Å². The molecule has 2 aromatic rings. The van der Waals surface area contributed by atoms with Crippen molar-refractivity contribution in [1.82, 2.24) is 19.5 Å². The summed E-state index contributed by atoms with van der Waals surface area (Å²) in [4.78, 5) is 70.4. The molecule has 5 atom stereocenters. The number of carbonyl (C=O) groups excluding carboxylic acids is 4. The first kappa shape index (κ1) is 26.4. The van der Waals surface area contributed by atoms with Gasteiger partial charge in [-0.05, 0) is 0 Å². The van der Waals surface area contributed by atoms with Crippen LogP contribution in [0.25, 0.3) is 11.2 Å². The van der Waals surface area contributed by atoms with Crippen molar-refractivity contribution in [3.63, 3.8) is 0 Å². The highest BCUT2D eigenvalue weighted by Crippen LogP contribution is 2.37. The number of aromatic amines is 1. The molecule has 0 spiro atoms. The van der Waals surface area contributed by atoms with Gasteiger partial charge in [0.25, 0.3) is 11.6 Å². The van der Waals surface area contributed by atoms with E-state index in [9.17, 15) is 24.0 Å². The summed E-state index contributed by atoms with van der Waals surface area (Å²) in [6, 6.07) is -0.181. The number of methoxy groups -OCH3 is 1. The molecule has 16 heteroatoms. The predicted octanol–water partition coefficient (Wildman–Crippen LogP) is -1.03. The summed E-state index contributed by atoms with van der Waals surface area (Å²) < 4.78 is 33.4. The molecule has 3 heterocycles. The maximum atomic E-state index is 12.5. The van der Waals surface area contributed by atoms with Crippen molar-refractivity contribution < 1.29 is 47.6 Å². The number of nitrogens with two attached hydrogens (primary N) is 1. The van der Waals surface area contributed by atoms with Crippen molar-refractivity contribution in [2.75, 3.05) is 19.5 Å². The van der Waals surface area contributed by atoms with Crippen LogP contribution >= 0.6 is 0 Å². The van der Waals surface area contributed by atoms with E-state index in [4.69, 9.17) is 34.2 Å². The van der Waals surface area contributed by atoms with Crippen LogP contribution in [0, 0.1) is 0 Å². The van der Waals surface area contributed by atoms with Crippen LogP contribution in [0.5, 0.6) is 6.01 Å². The molecule has 36 heavy (non-hydrogen) atoms. The highest BCUT2D eigenvalue weighted by molar-refractivity contribution is 5.74. The van der Waals surface area contributed by atoms with E-state index >= 15 is 0 Å². The second-order valence-electron chi connectivity index (χ2n) is 7.68. The molecule has 0 aromatic carbocycles. The zero-order valence-electron chi connectivity index (χ0n) is 20.0. The van der Waals surface area contributed by atoms with Gasteiger partial charge in [-0.1, -0.05) is 0 Å². The van der Waals surface area contributed by atoms with E-state index in [-0.39, 0.29) is 23.1 Å². The number of aromatic nitrogens is 4. The zero-order valence-corrected chi connectivity index (χ0v) is 20.0. The van der Waals surface area contributed by atoms with Crippen molar-refractivity contribution >= 4 is 41.0 Å². The standard InChI is InChI=1S/C20H25N5O11/c1-7(26)32-6-11-13(33-8(2)27)14(34-9(3)28)15(35-10(4)29)18(36-11)25-16-12(22-19(25)21)17(30)24-20(23-16)31-5/h11,13-15,18H,6H2,1-5H3,(H2,21,22)(H,23,24,30)/t11-,13-,14+,15-,18-/m1/s1. The van der Waals surface area contributed by atoms with E-state index < -0.39 is 66.7 Å². The summed E-state index contributed by atoms with van der Waals surface area (Å²) in [5, 5.41) is 0. The van der Waals surface area contributed by atoms with Crippen LogP contribution in [0.3, 0.4) is 0 Å². The van der Waals surface area contributed by atoms with Gasteiger partial charge in [-0.3, -0.25) is 33.5 Å². The van der Waals surface area contributed by atoms with E-state index in [1.807, 2.05) is 0 Å². The number of hydrogen-bond acceptors (Lipinski definition) is 14. The van der Waals surface area contributed by atoms with E-state index in [0.717, 1.165) is 32.3 Å². The third-order valence-corrected chi connectivity index (χ3v) is 4.97. The molecule has 1 fully saturated rings. The first-order valence-electron chi connectivity index (χ1n) is 10.5. The summed E-state index contributed by atoms with van der Waals surface area (Å²) in [5.41, 5.74) is 5.09. The number of nitrogens with zero attached hydrogens (tertiary/aromatic N) is 3. The Hall–Kier alpha value is -4.21. The normalized spacial score (nSPS) is 23.5. The maximum Gasteiger partial charge on any atom is 0.303 e. The molecule has 2 aromatic heterocycles. The van der Waals surface area contributed by atoms with Crippen molar-refractivity contribution in [2.45, 2.75) is 58.3 Å². The fourth-order valence-electron chi connectivity index (χ4n) is 3.74. The quantitative estimate of drug-likeness (QED) is 0.336. The summed E-state index contributed by atoms with van der Waals surface area (Å²) in [5.74, 6) is -3.34. The van der Waals surface area contributed by atoms with Gasteiger partial charge in [-0.25, -0.2) is 4.98 Å². The van der Waals surface area contributed by atoms with Gasteiger partial charge in [0.2, 0.25) is 5.95 Å². The van der Waals surface area contributed by atoms with Crippen LogP contribution in [-0.2, 0) is 42.9 Å². The van der Waals surface area contributed by atoms with Crippen LogP contribution in [0.2, 0.25) is 0 Å². The van der Waals surface area contributed by atoms with Crippen molar-refractivity contribution in [1.29, 1.82) is 0 Å². The Morgan fingerprint density at radius 3 is 2.08 bits per heavy atom. The topological polar surface area (TPSA) is 213 Å². The number of rotatable bonds is 7. The van der Waals surface area contributed by atoms with Gasteiger partial charge < -0.3 is 34.2 Å². The molecular weight excluding hydrogens is 486 g/mol. The Balaban J connectivity index is 2.23. The molecule has 0 aliphatic carbocycles. The van der Waals surface area contributed by atoms with Crippen LogP contribution in [0.15, 0.2) is 4.79 Å². The van der Waals surface area contributed by atoms with Gasteiger partial charge in [-0.15, -0.1) is 0 Å². The molecule has 0 unspecified atom stereocenters. The lowest BCUT2D eigenvalue weighted by Gasteiger charge is -2.44. The zero-order chi connectivity index (χ0) is 26.7.